The van der Waals surface area contributed by atoms with Crippen molar-refractivity contribution in [1.29, 1.82) is 0 Å². The van der Waals surface area contributed by atoms with Crippen LogP contribution in [0, 0.1) is 0 Å². The normalized spacial score (nSPS) is 17.8. The van der Waals surface area contributed by atoms with Gasteiger partial charge in [0.25, 0.3) is 0 Å². The molecule has 2 aromatic carbocycles. The summed E-state index contributed by atoms with van der Waals surface area (Å²) in [5, 5.41) is 0. The molecule has 0 aromatic heterocycles. The van der Waals surface area contributed by atoms with Crippen molar-refractivity contribution in [3.8, 4) is 28.4 Å². The number of hydrogen-bond acceptors (Lipinski definition) is 6. The van der Waals surface area contributed by atoms with Gasteiger partial charge in [0.05, 0.1) is 19.8 Å². The summed E-state index contributed by atoms with van der Waals surface area (Å²) in [6.45, 7) is 10.9. The summed E-state index contributed by atoms with van der Waals surface area (Å²) in [6.07, 6.45) is 10.8. The van der Waals surface area contributed by atoms with Gasteiger partial charge in [0.1, 0.15) is 17.2 Å². The maximum Gasteiger partial charge on any atom is 0.194 e. The summed E-state index contributed by atoms with van der Waals surface area (Å²) in [5.74, 6) is 2.21. The van der Waals surface area contributed by atoms with Gasteiger partial charge in [0, 0.05) is 41.4 Å². The smallest absolute Gasteiger partial charge is 0.194 e. The highest BCUT2D eigenvalue weighted by Crippen LogP contribution is 2.49. The highest BCUT2D eigenvalue weighted by molar-refractivity contribution is 6.23. The number of nitrogens with zero attached hydrogens (tertiary/aromatic N) is 2. The summed E-state index contributed by atoms with van der Waals surface area (Å²) in [6, 6.07) is 9.67. The standard InChI is InChI=1S/C32H44N2O4/c1-2-20-37-29-24-25(36-21-10-18-33-14-5-3-6-15-33)23-27-31(29)30-26(32(27)35)12-9-13-28(30)38-22-11-19-34-16-7-4-8-17-34/h9,12-13,23-24H,2-8,10-11,14-22H2,1H3. The molecule has 3 aliphatic rings. The number of rotatable bonds is 13. The molecule has 5 rings (SSSR count). The van der Waals surface area contributed by atoms with Crippen molar-refractivity contribution < 1.29 is 19.0 Å². The Labute approximate surface area is 228 Å². The minimum Gasteiger partial charge on any atom is -0.493 e. The Kier molecular flexibility index (Phi) is 9.58. The fraction of sp³-hybridized carbons (Fsp3) is 0.594. The van der Waals surface area contributed by atoms with Crippen LogP contribution in [0.4, 0.5) is 0 Å². The minimum absolute atomic E-state index is 0.0221. The van der Waals surface area contributed by atoms with Gasteiger partial charge in [-0.1, -0.05) is 31.9 Å². The highest BCUT2D eigenvalue weighted by Gasteiger charge is 2.33. The zero-order chi connectivity index (χ0) is 26.2. The molecule has 0 atom stereocenters. The second-order valence-electron chi connectivity index (χ2n) is 10.9. The molecule has 2 saturated heterocycles. The third-order valence-corrected chi connectivity index (χ3v) is 7.96. The fourth-order valence-electron chi connectivity index (χ4n) is 5.99. The number of ketones is 1. The van der Waals surface area contributed by atoms with Gasteiger partial charge in [-0.05, 0) is 83.3 Å². The number of benzene rings is 2. The number of hydrogen-bond donors (Lipinski definition) is 0. The topological polar surface area (TPSA) is 51.2 Å². The number of carbonyl (C=O) groups is 1. The predicted octanol–water partition coefficient (Wildman–Crippen LogP) is 6.20. The molecule has 2 heterocycles. The molecule has 0 spiro atoms. The molecule has 0 radical (unpaired) electrons. The molecule has 1 aliphatic carbocycles. The summed E-state index contributed by atoms with van der Waals surface area (Å²) >= 11 is 0. The number of carbonyl (C=O) groups excluding carboxylic acids is 1. The maximum absolute atomic E-state index is 13.5. The zero-order valence-corrected chi connectivity index (χ0v) is 23.1. The van der Waals surface area contributed by atoms with Gasteiger partial charge in [-0.2, -0.15) is 0 Å². The van der Waals surface area contributed by atoms with Crippen molar-refractivity contribution in [3.05, 3.63) is 41.5 Å². The minimum atomic E-state index is 0.0221. The van der Waals surface area contributed by atoms with Crippen molar-refractivity contribution >= 4 is 5.78 Å². The average Bonchev–Trinajstić information content (AvgIpc) is 3.25. The first-order valence-corrected chi connectivity index (χ1v) is 14.9. The van der Waals surface area contributed by atoms with Gasteiger partial charge in [-0.15, -0.1) is 0 Å². The van der Waals surface area contributed by atoms with Gasteiger partial charge < -0.3 is 24.0 Å². The lowest BCUT2D eigenvalue weighted by Gasteiger charge is -2.26. The Morgan fingerprint density at radius 1 is 0.684 bits per heavy atom. The first-order chi connectivity index (χ1) is 18.7. The van der Waals surface area contributed by atoms with E-state index >= 15 is 0 Å². The second kappa shape index (κ2) is 13.5. The van der Waals surface area contributed by atoms with Crippen LogP contribution in [0.3, 0.4) is 0 Å². The first kappa shape index (κ1) is 27.0. The Morgan fingerprint density at radius 2 is 1.29 bits per heavy atom. The molecule has 0 bridgehead atoms. The van der Waals surface area contributed by atoms with E-state index in [1.807, 2.05) is 30.3 Å². The lowest BCUT2D eigenvalue weighted by molar-refractivity contribution is 0.104. The van der Waals surface area contributed by atoms with E-state index in [0.717, 1.165) is 49.2 Å². The Bertz CT molecular complexity index is 1070. The summed E-state index contributed by atoms with van der Waals surface area (Å²) in [4.78, 5) is 18.6. The van der Waals surface area contributed by atoms with E-state index in [1.54, 1.807) is 0 Å². The molecule has 38 heavy (non-hydrogen) atoms. The van der Waals surface area contributed by atoms with E-state index in [9.17, 15) is 4.79 Å². The van der Waals surface area contributed by atoms with Crippen LogP contribution in [0.5, 0.6) is 17.2 Å². The summed E-state index contributed by atoms with van der Waals surface area (Å²) < 4.78 is 18.7. The van der Waals surface area contributed by atoms with Crippen LogP contribution in [0.2, 0.25) is 0 Å². The number of ether oxygens (including phenoxy) is 3. The van der Waals surface area contributed by atoms with Crippen LogP contribution in [0.15, 0.2) is 30.3 Å². The van der Waals surface area contributed by atoms with Crippen molar-refractivity contribution in [2.24, 2.45) is 0 Å². The molecule has 0 amide bonds. The van der Waals surface area contributed by atoms with Crippen molar-refractivity contribution in [1.82, 2.24) is 9.80 Å². The molecule has 206 valence electrons. The Hall–Kier alpha value is -2.57. The van der Waals surface area contributed by atoms with Crippen LogP contribution >= 0.6 is 0 Å². The summed E-state index contributed by atoms with van der Waals surface area (Å²) in [5.41, 5.74) is 3.07. The van der Waals surface area contributed by atoms with E-state index < -0.39 is 0 Å². The highest BCUT2D eigenvalue weighted by atomic mass is 16.5. The first-order valence-electron chi connectivity index (χ1n) is 14.9. The molecule has 0 N–H and O–H groups in total. The number of piperidine rings is 2. The van der Waals surface area contributed by atoms with Gasteiger partial charge in [0.2, 0.25) is 0 Å². The Balaban J connectivity index is 1.28. The molecular formula is C32H44N2O4. The van der Waals surface area contributed by atoms with Crippen molar-refractivity contribution in [2.45, 2.75) is 64.7 Å². The second-order valence-corrected chi connectivity index (χ2v) is 10.9. The predicted molar refractivity (Wildman–Crippen MR) is 152 cm³/mol. The molecule has 0 unspecified atom stereocenters. The quantitative estimate of drug-likeness (QED) is 0.250. The SMILES string of the molecule is CCCOc1cc(OCCCN2CCCCC2)cc2c1-c1c(OCCCN3CCCCC3)cccc1C2=O. The Morgan fingerprint density at radius 3 is 1.95 bits per heavy atom. The van der Waals surface area contributed by atoms with Crippen molar-refractivity contribution in [3.63, 3.8) is 0 Å². The van der Waals surface area contributed by atoms with Crippen LogP contribution < -0.4 is 14.2 Å². The van der Waals surface area contributed by atoms with Gasteiger partial charge in [0.15, 0.2) is 5.78 Å². The average molecular weight is 521 g/mol. The molecule has 2 aromatic rings. The van der Waals surface area contributed by atoms with E-state index in [-0.39, 0.29) is 5.78 Å². The number of likely N-dealkylation sites (tertiary alicyclic amines) is 2. The van der Waals surface area contributed by atoms with E-state index in [4.69, 9.17) is 14.2 Å². The van der Waals surface area contributed by atoms with E-state index in [2.05, 4.69) is 16.7 Å². The van der Waals surface area contributed by atoms with Crippen LogP contribution in [0.1, 0.15) is 80.6 Å². The lowest BCUT2D eigenvalue weighted by atomic mass is 10.0. The fourth-order valence-corrected chi connectivity index (χ4v) is 5.99. The molecular weight excluding hydrogens is 476 g/mol. The van der Waals surface area contributed by atoms with Gasteiger partial charge in [-0.25, -0.2) is 0 Å². The monoisotopic (exact) mass is 520 g/mol. The number of fused-ring (bicyclic) bond motifs is 3. The molecule has 6 nitrogen and oxygen atoms in total. The van der Waals surface area contributed by atoms with Crippen molar-refractivity contribution in [2.75, 3.05) is 59.1 Å². The third kappa shape index (κ3) is 6.52. The van der Waals surface area contributed by atoms with Gasteiger partial charge in [-0.3, -0.25) is 4.79 Å². The van der Waals surface area contributed by atoms with E-state index in [0.29, 0.717) is 42.4 Å². The van der Waals surface area contributed by atoms with Crippen LogP contribution in [0.25, 0.3) is 11.1 Å². The van der Waals surface area contributed by atoms with Gasteiger partial charge >= 0.3 is 0 Å². The molecule has 6 heteroatoms. The zero-order valence-electron chi connectivity index (χ0n) is 23.1. The third-order valence-electron chi connectivity index (χ3n) is 7.96. The molecule has 0 saturated carbocycles. The molecule has 2 aliphatic heterocycles. The lowest BCUT2D eigenvalue weighted by Crippen LogP contribution is -2.31. The summed E-state index contributed by atoms with van der Waals surface area (Å²) in [7, 11) is 0. The molecule has 2 fully saturated rings. The van der Waals surface area contributed by atoms with E-state index in [1.165, 1.54) is 64.7 Å². The van der Waals surface area contributed by atoms with Crippen LogP contribution in [-0.2, 0) is 0 Å². The maximum atomic E-state index is 13.5. The largest absolute Gasteiger partial charge is 0.493 e. The van der Waals surface area contributed by atoms with Crippen LogP contribution in [-0.4, -0.2) is 74.7 Å².